The van der Waals surface area contributed by atoms with Crippen LogP contribution in [0.15, 0.2) is 65.6 Å². The summed E-state index contributed by atoms with van der Waals surface area (Å²) >= 11 is 0. The van der Waals surface area contributed by atoms with Gasteiger partial charge in [0.2, 0.25) is 0 Å². The van der Waals surface area contributed by atoms with E-state index >= 15 is 0 Å². The van der Waals surface area contributed by atoms with Crippen LogP contribution in [0.5, 0.6) is 17.5 Å². The predicted molar refractivity (Wildman–Crippen MR) is 115 cm³/mol. The van der Waals surface area contributed by atoms with E-state index in [1.54, 1.807) is 50.6 Å². The number of benzene rings is 2. The Balaban J connectivity index is 1.93. The third kappa shape index (κ3) is 4.22. The van der Waals surface area contributed by atoms with Gasteiger partial charge in [-0.3, -0.25) is 9.36 Å². The van der Waals surface area contributed by atoms with Crippen molar-refractivity contribution in [3.8, 4) is 34.3 Å². The fraction of sp³-hybridized carbons (Fsp3) is 0.174. The van der Waals surface area contributed by atoms with Crippen LogP contribution < -0.4 is 19.8 Å². The van der Waals surface area contributed by atoms with Crippen LogP contribution in [0.3, 0.4) is 0 Å². The fourth-order valence-electron chi connectivity index (χ4n) is 3.27. The van der Waals surface area contributed by atoms with E-state index in [0.717, 1.165) is 0 Å². The van der Waals surface area contributed by atoms with E-state index in [-0.39, 0.29) is 17.3 Å². The number of alkyl halides is 2. The van der Waals surface area contributed by atoms with Gasteiger partial charge in [0.05, 0.1) is 19.4 Å². The molecule has 2 aromatic carbocycles. The van der Waals surface area contributed by atoms with Crippen molar-refractivity contribution in [2.24, 2.45) is 0 Å². The third-order valence-corrected chi connectivity index (χ3v) is 4.71. The van der Waals surface area contributed by atoms with Gasteiger partial charge in [0.15, 0.2) is 5.65 Å². The topological polar surface area (TPSA) is 75.5 Å². The summed E-state index contributed by atoms with van der Waals surface area (Å²) in [6, 6.07) is 14.7. The first-order chi connectivity index (χ1) is 15.5. The van der Waals surface area contributed by atoms with Gasteiger partial charge in [0.1, 0.15) is 11.5 Å². The first-order valence-corrected chi connectivity index (χ1v) is 9.75. The second-order valence-corrected chi connectivity index (χ2v) is 6.66. The zero-order chi connectivity index (χ0) is 22.7. The summed E-state index contributed by atoms with van der Waals surface area (Å²) in [6.45, 7) is -0.779. The van der Waals surface area contributed by atoms with Crippen molar-refractivity contribution < 1.29 is 23.0 Å². The second-order valence-electron chi connectivity index (χ2n) is 6.66. The van der Waals surface area contributed by atoms with Gasteiger partial charge in [-0.1, -0.05) is 12.1 Å². The highest BCUT2D eigenvalue weighted by Crippen LogP contribution is 2.26. The van der Waals surface area contributed by atoms with E-state index < -0.39 is 6.61 Å². The smallest absolute Gasteiger partial charge is 0.387 e. The lowest BCUT2D eigenvalue weighted by molar-refractivity contribution is -0.0498. The molecular formula is C23H19F2N3O4. The number of methoxy groups -OCH3 is 1. The van der Waals surface area contributed by atoms with Gasteiger partial charge in [0, 0.05) is 17.1 Å². The Morgan fingerprint density at radius 1 is 1.03 bits per heavy atom. The van der Waals surface area contributed by atoms with Gasteiger partial charge >= 0.3 is 12.6 Å². The minimum Gasteiger partial charge on any atom is -0.497 e. The summed E-state index contributed by atoms with van der Waals surface area (Å²) in [5.74, 6) is 0.645. The lowest BCUT2D eigenvalue weighted by atomic mass is 10.1. The largest absolute Gasteiger partial charge is 0.497 e. The number of aromatic nitrogens is 3. The van der Waals surface area contributed by atoms with E-state index in [0.29, 0.717) is 40.2 Å². The molecule has 4 rings (SSSR count). The van der Waals surface area contributed by atoms with Crippen molar-refractivity contribution in [1.82, 2.24) is 14.5 Å². The molecule has 0 aliphatic heterocycles. The summed E-state index contributed by atoms with van der Waals surface area (Å²) in [5, 5.41) is 0.603. The van der Waals surface area contributed by atoms with Crippen molar-refractivity contribution in [2.75, 3.05) is 13.7 Å². The quantitative estimate of drug-likeness (QED) is 0.423. The van der Waals surface area contributed by atoms with Crippen molar-refractivity contribution >= 4 is 11.0 Å². The Morgan fingerprint density at radius 3 is 2.34 bits per heavy atom. The molecule has 0 saturated heterocycles. The Labute approximate surface area is 181 Å². The minimum absolute atomic E-state index is 0.0166. The molecule has 0 amide bonds. The number of halogens is 2. The van der Waals surface area contributed by atoms with Crippen LogP contribution in [-0.2, 0) is 0 Å². The summed E-state index contributed by atoms with van der Waals surface area (Å²) in [6.07, 6.45) is 1.57. The number of rotatable bonds is 7. The van der Waals surface area contributed by atoms with Gasteiger partial charge in [-0.2, -0.15) is 13.8 Å². The number of hydrogen-bond donors (Lipinski definition) is 0. The van der Waals surface area contributed by atoms with Crippen LogP contribution in [0, 0.1) is 0 Å². The SMILES string of the molecule is CCOc1ncc2cc(-c3ccc(OC)cc3)c(=O)n(-c3ccc(OC(F)F)cc3)c2n1. The minimum atomic E-state index is -2.94. The lowest BCUT2D eigenvalue weighted by Crippen LogP contribution is -2.21. The zero-order valence-corrected chi connectivity index (χ0v) is 17.3. The number of pyridine rings is 1. The second kappa shape index (κ2) is 9.01. The molecule has 0 radical (unpaired) electrons. The van der Waals surface area contributed by atoms with E-state index in [2.05, 4.69) is 14.7 Å². The van der Waals surface area contributed by atoms with E-state index in [9.17, 15) is 13.6 Å². The summed E-state index contributed by atoms with van der Waals surface area (Å²) < 4.78 is 41.4. The molecule has 0 aliphatic rings. The molecule has 0 aliphatic carbocycles. The average Bonchev–Trinajstić information content (AvgIpc) is 2.79. The average molecular weight is 439 g/mol. The Bertz CT molecular complexity index is 1290. The van der Waals surface area contributed by atoms with Gasteiger partial charge < -0.3 is 14.2 Å². The highest BCUT2D eigenvalue weighted by atomic mass is 19.3. The first-order valence-electron chi connectivity index (χ1n) is 9.75. The molecule has 2 heterocycles. The molecule has 164 valence electrons. The number of hydrogen-bond acceptors (Lipinski definition) is 6. The zero-order valence-electron chi connectivity index (χ0n) is 17.3. The molecule has 4 aromatic rings. The van der Waals surface area contributed by atoms with Gasteiger partial charge in [-0.15, -0.1) is 0 Å². The molecule has 0 fully saturated rings. The highest BCUT2D eigenvalue weighted by Gasteiger charge is 2.16. The number of fused-ring (bicyclic) bond motifs is 1. The van der Waals surface area contributed by atoms with Crippen molar-refractivity contribution in [3.05, 3.63) is 71.1 Å². The molecule has 0 unspecified atom stereocenters. The molecule has 32 heavy (non-hydrogen) atoms. The molecule has 2 aromatic heterocycles. The number of nitrogens with zero attached hydrogens (tertiary/aromatic N) is 3. The Kier molecular flexibility index (Phi) is 5.98. The van der Waals surface area contributed by atoms with Crippen LogP contribution in [0.2, 0.25) is 0 Å². The summed E-state index contributed by atoms with van der Waals surface area (Å²) in [5.41, 5.74) is 1.51. The van der Waals surface area contributed by atoms with E-state index in [1.165, 1.54) is 28.8 Å². The normalized spacial score (nSPS) is 11.0. The Hall–Kier alpha value is -4.01. The van der Waals surface area contributed by atoms with E-state index in [4.69, 9.17) is 9.47 Å². The molecule has 0 bridgehead atoms. The van der Waals surface area contributed by atoms with Crippen molar-refractivity contribution in [3.63, 3.8) is 0 Å². The maximum Gasteiger partial charge on any atom is 0.387 e. The first kappa shape index (κ1) is 21.2. The Morgan fingerprint density at radius 2 is 1.72 bits per heavy atom. The van der Waals surface area contributed by atoms with Crippen molar-refractivity contribution in [2.45, 2.75) is 13.5 Å². The molecular weight excluding hydrogens is 420 g/mol. The summed E-state index contributed by atoms with van der Waals surface area (Å²) in [7, 11) is 1.56. The van der Waals surface area contributed by atoms with Crippen LogP contribution >= 0.6 is 0 Å². The predicted octanol–water partition coefficient (Wildman–Crippen LogP) is 4.46. The van der Waals surface area contributed by atoms with Crippen LogP contribution in [-0.4, -0.2) is 34.9 Å². The van der Waals surface area contributed by atoms with Crippen LogP contribution in [0.1, 0.15) is 6.92 Å². The molecule has 0 spiro atoms. The third-order valence-electron chi connectivity index (χ3n) is 4.71. The molecule has 0 atom stereocenters. The highest BCUT2D eigenvalue weighted by molar-refractivity contribution is 5.82. The van der Waals surface area contributed by atoms with Crippen molar-refractivity contribution in [1.29, 1.82) is 0 Å². The van der Waals surface area contributed by atoms with E-state index in [1.807, 2.05) is 0 Å². The molecule has 7 nitrogen and oxygen atoms in total. The molecule has 0 N–H and O–H groups in total. The van der Waals surface area contributed by atoms with Crippen LogP contribution in [0.4, 0.5) is 8.78 Å². The molecule has 9 heteroatoms. The standard InChI is InChI=1S/C23H19F2N3O4/c1-3-31-23-26-13-15-12-19(14-4-8-17(30-2)9-5-14)21(29)28(20(15)27-23)16-6-10-18(11-7-16)32-22(24)25/h4-13,22H,3H2,1-2H3. The maximum absolute atomic E-state index is 13.5. The molecule has 0 saturated carbocycles. The maximum atomic E-state index is 13.5. The monoisotopic (exact) mass is 439 g/mol. The summed E-state index contributed by atoms with van der Waals surface area (Å²) in [4.78, 5) is 22.1. The lowest BCUT2D eigenvalue weighted by Gasteiger charge is -2.14. The van der Waals surface area contributed by atoms with Crippen LogP contribution in [0.25, 0.3) is 27.8 Å². The number of ether oxygens (including phenoxy) is 3. The van der Waals surface area contributed by atoms with Gasteiger partial charge in [0.25, 0.3) is 5.56 Å². The van der Waals surface area contributed by atoms with Gasteiger partial charge in [-0.05, 0) is 55.0 Å². The van der Waals surface area contributed by atoms with Gasteiger partial charge in [-0.25, -0.2) is 4.98 Å². The fourth-order valence-corrected chi connectivity index (χ4v) is 3.27.